The third-order valence-electron chi connectivity index (χ3n) is 3.26. The van der Waals surface area contributed by atoms with Crippen LogP contribution in [0, 0.1) is 0 Å². The van der Waals surface area contributed by atoms with E-state index >= 15 is 0 Å². The summed E-state index contributed by atoms with van der Waals surface area (Å²) < 4.78 is 46.2. The van der Waals surface area contributed by atoms with Crippen molar-refractivity contribution < 1.29 is 27.4 Å². The Labute approximate surface area is 131 Å². The maximum atomic E-state index is 12.1. The van der Waals surface area contributed by atoms with Crippen LogP contribution in [0.5, 0.6) is 5.88 Å². The fraction of sp³-hybridized carbons (Fsp3) is 0.571. The Morgan fingerprint density at radius 1 is 1.57 bits per heavy atom. The highest BCUT2D eigenvalue weighted by Gasteiger charge is 2.28. The predicted molar refractivity (Wildman–Crippen MR) is 75.0 cm³/mol. The first-order valence-electron chi connectivity index (χ1n) is 7.12. The highest BCUT2D eigenvalue weighted by Crippen LogP contribution is 2.17. The second-order valence-corrected chi connectivity index (χ2v) is 5.18. The molecule has 0 unspecified atom stereocenters. The highest BCUT2D eigenvalue weighted by molar-refractivity contribution is 5.74. The molecule has 1 aliphatic heterocycles. The summed E-state index contributed by atoms with van der Waals surface area (Å²) in [5.74, 6) is -0.131. The molecule has 6 nitrogen and oxygen atoms in total. The van der Waals surface area contributed by atoms with Crippen molar-refractivity contribution in [3.8, 4) is 5.88 Å². The Bertz CT molecular complexity index is 539. The molecule has 1 aliphatic rings. The third kappa shape index (κ3) is 5.59. The smallest absolute Gasteiger partial charge is 0.422 e. The van der Waals surface area contributed by atoms with Gasteiger partial charge in [0.1, 0.15) is 0 Å². The lowest BCUT2D eigenvalue weighted by molar-refractivity contribution is -0.154. The van der Waals surface area contributed by atoms with Crippen LogP contribution in [-0.2, 0) is 11.3 Å². The largest absolute Gasteiger partial charge is 0.468 e. The summed E-state index contributed by atoms with van der Waals surface area (Å²) in [6.45, 7) is 2.13. The van der Waals surface area contributed by atoms with Crippen LogP contribution in [0.3, 0.4) is 0 Å². The quantitative estimate of drug-likeness (QED) is 0.915. The molecular formula is C14H18F3N3O3. The van der Waals surface area contributed by atoms with Gasteiger partial charge in [0.05, 0.1) is 19.3 Å². The average molecular weight is 333 g/mol. The van der Waals surface area contributed by atoms with Crippen LogP contribution in [0.25, 0.3) is 0 Å². The summed E-state index contributed by atoms with van der Waals surface area (Å²) in [4.78, 5) is 17.5. The fourth-order valence-corrected chi connectivity index (χ4v) is 2.10. The number of urea groups is 1. The van der Waals surface area contributed by atoms with Gasteiger partial charge in [0, 0.05) is 25.4 Å². The molecule has 1 aromatic heterocycles. The van der Waals surface area contributed by atoms with E-state index in [4.69, 9.17) is 4.74 Å². The molecule has 2 heterocycles. The first-order valence-corrected chi connectivity index (χ1v) is 7.12. The first kappa shape index (κ1) is 17.3. The average Bonchev–Trinajstić information content (AvgIpc) is 2.51. The van der Waals surface area contributed by atoms with Crippen molar-refractivity contribution in [2.24, 2.45) is 0 Å². The number of nitrogens with zero attached hydrogens (tertiary/aromatic N) is 2. The summed E-state index contributed by atoms with van der Waals surface area (Å²) in [6.07, 6.45) is -3.08. The molecule has 23 heavy (non-hydrogen) atoms. The predicted octanol–water partition coefficient (Wildman–Crippen LogP) is 1.95. The number of nitrogens with one attached hydrogen (secondary N) is 1. The van der Waals surface area contributed by atoms with Crippen molar-refractivity contribution in [2.45, 2.75) is 25.7 Å². The minimum absolute atomic E-state index is 0.0214. The lowest BCUT2D eigenvalue weighted by Crippen LogP contribution is -2.51. The number of halogens is 3. The number of amides is 2. The van der Waals surface area contributed by atoms with E-state index in [-0.39, 0.29) is 24.5 Å². The lowest BCUT2D eigenvalue weighted by atomic mass is 10.2. The van der Waals surface area contributed by atoms with Crippen LogP contribution in [0.4, 0.5) is 18.0 Å². The maximum absolute atomic E-state index is 12.1. The summed E-state index contributed by atoms with van der Waals surface area (Å²) in [6, 6.07) is 2.71. The summed E-state index contributed by atoms with van der Waals surface area (Å²) in [7, 11) is 0. The van der Waals surface area contributed by atoms with Crippen LogP contribution in [0.1, 0.15) is 12.5 Å². The number of pyridine rings is 1. The number of ether oxygens (including phenoxy) is 2. The Morgan fingerprint density at radius 2 is 2.35 bits per heavy atom. The molecule has 0 saturated carbocycles. The number of rotatable bonds is 4. The Kier molecular flexibility index (Phi) is 5.64. The standard InChI is InChI=1S/C14H18F3N3O3/c1-10-8-22-5-4-20(10)13(21)19-7-11-2-3-18-12(6-11)23-9-14(15,16)17/h2-3,6,10H,4-5,7-9H2,1H3,(H,19,21)/t10-/m1/s1. The minimum Gasteiger partial charge on any atom is -0.468 e. The number of carbonyl (C=O) groups is 1. The topological polar surface area (TPSA) is 63.7 Å². The highest BCUT2D eigenvalue weighted by atomic mass is 19.4. The van der Waals surface area contributed by atoms with Gasteiger partial charge in [-0.3, -0.25) is 0 Å². The van der Waals surface area contributed by atoms with Gasteiger partial charge in [-0.05, 0) is 18.6 Å². The first-order chi connectivity index (χ1) is 10.8. The molecule has 9 heteroatoms. The number of alkyl halides is 3. The van der Waals surface area contributed by atoms with E-state index in [9.17, 15) is 18.0 Å². The molecule has 2 amide bonds. The van der Waals surface area contributed by atoms with E-state index < -0.39 is 12.8 Å². The van der Waals surface area contributed by atoms with Crippen molar-refractivity contribution in [2.75, 3.05) is 26.4 Å². The second-order valence-electron chi connectivity index (χ2n) is 5.18. The van der Waals surface area contributed by atoms with Crippen molar-refractivity contribution >= 4 is 6.03 Å². The van der Waals surface area contributed by atoms with Gasteiger partial charge in [0.2, 0.25) is 5.88 Å². The van der Waals surface area contributed by atoms with E-state index in [0.29, 0.717) is 25.3 Å². The number of hydrogen-bond donors (Lipinski definition) is 1. The Balaban J connectivity index is 1.86. The molecule has 1 aromatic rings. The van der Waals surface area contributed by atoms with E-state index in [1.807, 2.05) is 6.92 Å². The van der Waals surface area contributed by atoms with E-state index in [1.165, 1.54) is 12.3 Å². The molecule has 0 aromatic carbocycles. The SMILES string of the molecule is C[C@@H]1COCCN1C(=O)NCc1ccnc(OCC(F)(F)F)c1. The van der Waals surface area contributed by atoms with Crippen LogP contribution in [0.15, 0.2) is 18.3 Å². The Morgan fingerprint density at radius 3 is 3.04 bits per heavy atom. The van der Waals surface area contributed by atoms with Crippen molar-refractivity contribution in [3.05, 3.63) is 23.9 Å². The van der Waals surface area contributed by atoms with Crippen LogP contribution in [0.2, 0.25) is 0 Å². The van der Waals surface area contributed by atoms with Crippen molar-refractivity contribution in [3.63, 3.8) is 0 Å². The normalized spacial score (nSPS) is 18.6. The van der Waals surface area contributed by atoms with Crippen LogP contribution in [-0.4, -0.2) is 54.5 Å². The fourth-order valence-electron chi connectivity index (χ4n) is 2.10. The Hall–Kier alpha value is -2.03. The molecule has 1 N–H and O–H groups in total. The zero-order valence-electron chi connectivity index (χ0n) is 12.6. The molecule has 1 fully saturated rings. The van der Waals surface area contributed by atoms with Gasteiger partial charge in [-0.1, -0.05) is 0 Å². The lowest BCUT2D eigenvalue weighted by Gasteiger charge is -2.33. The zero-order valence-corrected chi connectivity index (χ0v) is 12.6. The van der Waals surface area contributed by atoms with Gasteiger partial charge >= 0.3 is 12.2 Å². The van der Waals surface area contributed by atoms with E-state index in [0.717, 1.165) is 0 Å². The number of morpholine rings is 1. The molecule has 0 aliphatic carbocycles. The van der Waals surface area contributed by atoms with E-state index in [2.05, 4.69) is 15.0 Å². The summed E-state index contributed by atoms with van der Waals surface area (Å²) in [5.41, 5.74) is 0.603. The van der Waals surface area contributed by atoms with Gasteiger partial charge in [0.15, 0.2) is 6.61 Å². The molecule has 1 atom stereocenters. The molecule has 2 rings (SSSR count). The van der Waals surface area contributed by atoms with Gasteiger partial charge in [-0.25, -0.2) is 9.78 Å². The van der Waals surface area contributed by atoms with Gasteiger partial charge < -0.3 is 19.7 Å². The minimum atomic E-state index is -4.42. The molecule has 128 valence electrons. The third-order valence-corrected chi connectivity index (χ3v) is 3.26. The molecule has 1 saturated heterocycles. The van der Waals surface area contributed by atoms with Crippen molar-refractivity contribution in [1.29, 1.82) is 0 Å². The van der Waals surface area contributed by atoms with Gasteiger partial charge in [-0.15, -0.1) is 0 Å². The summed E-state index contributed by atoms with van der Waals surface area (Å²) in [5, 5.41) is 2.72. The molecule has 0 spiro atoms. The number of carbonyl (C=O) groups excluding carboxylic acids is 1. The van der Waals surface area contributed by atoms with Crippen molar-refractivity contribution in [1.82, 2.24) is 15.2 Å². The zero-order chi connectivity index (χ0) is 16.9. The monoisotopic (exact) mass is 333 g/mol. The number of hydrogen-bond acceptors (Lipinski definition) is 4. The molecule has 0 bridgehead atoms. The van der Waals surface area contributed by atoms with Crippen LogP contribution < -0.4 is 10.1 Å². The number of aromatic nitrogens is 1. The van der Waals surface area contributed by atoms with Crippen LogP contribution >= 0.6 is 0 Å². The van der Waals surface area contributed by atoms with Gasteiger partial charge in [-0.2, -0.15) is 13.2 Å². The van der Waals surface area contributed by atoms with Gasteiger partial charge in [0.25, 0.3) is 0 Å². The summed E-state index contributed by atoms with van der Waals surface area (Å²) >= 11 is 0. The molecular weight excluding hydrogens is 315 g/mol. The maximum Gasteiger partial charge on any atom is 0.422 e. The van der Waals surface area contributed by atoms with E-state index in [1.54, 1.807) is 11.0 Å². The molecule has 0 radical (unpaired) electrons. The second kappa shape index (κ2) is 7.49.